The van der Waals surface area contributed by atoms with Crippen molar-refractivity contribution in [2.75, 3.05) is 13.1 Å². The fourth-order valence-corrected chi connectivity index (χ4v) is 4.98. The molecule has 2 aromatic rings. The lowest BCUT2D eigenvalue weighted by Crippen LogP contribution is -2.48. The predicted octanol–water partition coefficient (Wildman–Crippen LogP) is 3.33. The van der Waals surface area contributed by atoms with Crippen molar-refractivity contribution < 1.29 is 9.21 Å². The van der Waals surface area contributed by atoms with E-state index < -0.39 is 0 Å². The Kier molecular flexibility index (Phi) is 4.60. The molecular formula is C18H24N4O2S. The van der Waals surface area contributed by atoms with Crippen molar-refractivity contribution >= 4 is 17.2 Å². The monoisotopic (exact) mass is 360 g/mol. The third kappa shape index (κ3) is 3.11. The number of amides is 1. The van der Waals surface area contributed by atoms with Gasteiger partial charge in [0.05, 0.1) is 10.9 Å². The smallest absolute Gasteiger partial charge is 0.257 e. The molecule has 4 heterocycles. The molecule has 25 heavy (non-hydrogen) atoms. The highest BCUT2D eigenvalue weighted by atomic mass is 32.1. The molecule has 0 saturated carbocycles. The second-order valence-electron chi connectivity index (χ2n) is 6.97. The summed E-state index contributed by atoms with van der Waals surface area (Å²) in [4.78, 5) is 17.5. The lowest BCUT2D eigenvalue weighted by atomic mass is 10.0. The third-order valence-corrected chi connectivity index (χ3v) is 6.38. The molecule has 0 N–H and O–H groups in total. The average molecular weight is 360 g/mol. The minimum atomic E-state index is 0.0723. The van der Waals surface area contributed by atoms with Gasteiger partial charge in [-0.1, -0.05) is 6.07 Å². The summed E-state index contributed by atoms with van der Waals surface area (Å²) in [6.07, 6.45) is 4.48. The van der Waals surface area contributed by atoms with Gasteiger partial charge in [-0.15, -0.1) is 21.5 Å². The molecule has 2 saturated heterocycles. The van der Waals surface area contributed by atoms with Gasteiger partial charge in [-0.05, 0) is 50.6 Å². The standard InChI is InChI=1S/C18H24N4O2S/c1-12(17-19-20-18(24-17)16-8-5-11-25-16)21-9-3-6-14(21)15-7-4-10-22(15)13(2)23/h5,8,11-12,14-15H,3-4,6-7,9-10H2,1-2H3/t12-,14-,15-/m1/s1. The molecule has 0 aromatic carbocycles. The van der Waals surface area contributed by atoms with E-state index in [9.17, 15) is 4.79 Å². The number of carbonyl (C=O) groups excluding carboxylic acids is 1. The molecule has 7 heteroatoms. The van der Waals surface area contributed by atoms with Crippen LogP contribution in [0.15, 0.2) is 21.9 Å². The van der Waals surface area contributed by atoms with Crippen molar-refractivity contribution in [2.24, 2.45) is 0 Å². The second kappa shape index (κ2) is 6.88. The van der Waals surface area contributed by atoms with Gasteiger partial charge in [0, 0.05) is 25.6 Å². The van der Waals surface area contributed by atoms with Crippen molar-refractivity contribution in [1.29, 1.82) is 0 Å². The van der Waals surface area contributed by atoms with Gasteiger partial charge in [-0.3, -0.25) is 9.69 Å². The molecule has 0 radical (unpaired) electrons. The number of nitrogens with zero attached hydrogens (tertiary/aromatic N) is 4. The van der Waals surface area contributed by atoms with Crippen LogP contribution in [0, 0.1) is 0 Å². The number of carbonyl (C=O) groups is 1. The molecule has 2 aliphatic rings. The summed E-state index contributed by atoms with van der Waals surface area (Å²) in [6, 6.07) is 4.76. The number of rotatable bonds is 4. The maximum Gasteiger partial charge on any atom is 0.257 e. The van der Waals surface area contributed by atoms with E-state index in [2.05, 4.69) is 26.9 Å². The Morgan fingerprint density at radius 3 is 2.84 bits per heavy atom. The highest BCUT2D eigenvalue weighted by Gasteiger charge is 2.41. The highest BCUT2D eigenvalue weighted by Crippen LogP contribution is 2.36. The maximum absolute atomic E-state index is 12.0. The number of hydrogen-bond acceptors (Lipinski definition) is 6. The SMILES string of the molecule is CC(=O)N1CCC[C@@H]1[C@H]1CCCN1[C@H](C)c1nnc(-c2cccs2)o1. The Morgan fingerprint density at radius 1 is 1.28 bits per heavy atom. The Hall–Kier alpha value is -1.73. The van der Waals surface area contributed by atoms with Crippen LogP contribution in [-0.2, 0) is 4.79 Å². The summed E-state index contributed by atoms with van der Waals surface area (Å²) in [5.41, 5.74) is 0. The molecule has 2 aromatic heterocycles. The quantitative estimate of drug-likeness (QED) is 0.837. The highest BCUT2D eigenvalue weighted by molar-refractivity contribution is 7.13. The second-order valence-corrected chi connectivity index (χ2v) is 7.92. The first kappa shape index (κ1) is 16.7. The summed E-state index contributed by atoms with van der Waals surface area (Å²) in [6.45, 7) is 5.73. The summed E-state index contributed by atoms with van der Waals surface area (Å²) in [7, 11) is 0. The lowest BCUT2D eigenvalue weighted by molar-refractivity contribution is -0.130. The number of thiophene rings is 1. The van der Waals surface area contributed by atoms with E-state index >= 15 is 0 Å². The first-order chi connectivity index (χ1) is 12.1. The number of likely N-dealkylation sites (tertiary alicyclic amines) is 2. The molecule has 0 unspecified atom stereocenters. The molecule has 2 fully saturated rings. The van der Waals surface area contributed by atoms with Crippen molar-refractivity contribution in [3.63, 3.8) is 0 Å². The molecule has 0 bridgehead atoms. The van der Waals surface area contributed by atoms with Crippen LogP contribution in [0.4, 0.5) is 0 Å². The maximum atomic E-state index is 12.0. The minimum Gasteiger partial charge on any atom is -0.418 e. The minimum absolute atomic E-state index is 0.0723. The van der Waals surface area contributed by atoms with Crippen molar-refractivity contribution in [3.05, 3.63) is 23.4 Å². The van der Waals surface area contributed by atoms with Gasteiger partial charge >= 0.3 is 0 Å². The lowest BCUT2D eigenvalue weighted by Gasteiger charge is -2.36. The van der Waals surface area contributed by atoms with Gasteiger partial charge in [-0.2, -0.15) is 0 Å². The van der Waals surface area contributed by atoms with Gasteiger partial charge in [0.1, 0.15) is 0 Å². The zero-order valence-corrected chi connectivity index (χ0v) is 15.5. The van der Waals surface area contributed by atoms with E-state index in [1.807, 2.05) is 17.5 Å². The Bertz CT molecular complexity index is 729. The molecule has 0 spiro atoms. The van der Waals surface area contributed by atoms with Crippen LogP contribution in [0.3, 0.4) is 0 Å². The zero-order valence-electron chi connectivity index (χ0n) is 14.7. The fraction of sp³-hybridized carbons (Fsp3) is 0.611. The van der Waals surface area contributed by atoms with Gasteiger partial charge in [0.2, 0.25) is 11.8 Å². The number of aromatic nitrogens is 2. The molecule has 134 valence electrons. The molecule has 2 aliphatic heterocycles. The Balaban J connectivity index is 1.53. The third-order valence-electron chi connectivity index (χ3n) is 5.52. The van der Waals surface area contributed by atoms with Crippen molar-refractivity contribution in [2.45, 2.75) is 57.7 Å². The van der Waals surface area contributed by atoms with E-state index in [1.165, 1.54) is 0 Å². The molecule has 0 aliphatic carbocycles. The first-order valence-electron chi connectivity index (χ1n) is 9.05. The van der Waals surface area contributed by atoms with Gasteiger partial charge < -0.3 is 9.32 Å². The molecular weight excluding hydrogens is 336 g/mol. The largest absolute Gasteiger partial charge is 0.418 e. The summed E-state index contributed by atoms with van der Waals surface area (Å²) < 4.78 is 5.95. The van der Waals surface area contributed by atoms with E-state index in [4.69, 9.17) is 4.42 Å². The van der Waals surface area contributed by atoms with Crippen LogP contribution < -0.4 is 0 Å². The number of hydrogen-bond donors (Lipinski definition) is 0. The van der Waals surface area contributed by atoms with Gasteiger partial charge in [-0.25, -0.2) is 0 Å². The zero-order chi connectivity index (χ0) is 17.4. The predicted molar refractivity (Wildman–Crippen MR) is 96.2 cm³/mol. The Morgan fingerprint density at radius 2 is 2.08 bits per heavy atom. The van der Waals surface area contributed by atoms with Crippen LogP contribution >= 0.6 is 11.3 Å². The molecule has 4 rings (SSSR count). The molecule has 3 atom stereocenters. The molecule has 6 nitrogen and oxygen atoms in total. The summed E-state index contributed by atoms with van der Waals surface area (Å²) in [5, 5.41) is 10.5. The summed E-state index contributed by atoms with van der Waals surface area (Å²) in [5.74, 6) is 1.46. The first-order valence-corrected chi connectivity index (χ1v) is 9.93. The van der Waals surface area contributed by atoms with E-state index in [0.29, 0.717) is 23.9 Å². The van der Waals surface area contributed by atoms with E-state index in [-0.39, 0.29) is 11.9 Å². The van der Waals surface area contributed by atoms with E-state index in [0.717, 1.165) is 43.6 Å². The van der Waals surface area contributed by atoms with Crippen LogP contribution in [0.2, 0.25) is 0 Å². The van der Waals surface area contributed by atoms with Crippen molar-refractivity contribution in [1.82, 2.24) is 20.0 Å². The van der Waals surface area contributed by atoms with Gasteiger partial charge in [0.25, 0.3) is 5.89 Å². The van der Waals surface area contributed by atoms with Crippen LogP contribution in [0.1, 0.15) is 51.5 Å². The average Bonchev–Trinajstić information content (AvgIpc) is 3.41. The fourth-order valence-electron chi connectivity index (χ4n) is 4.34. The van der Waals surface area contributed by atoms with E-state index in [1.54, 1.807) is 18.3 Å². The molecule has 1 amide bonds. The topological polar surface area (TPSA) is 62.5 Å². The van der Waals surface area contributed by atoms with Gasteiger partial charge in [0.15, 0.2) is 0 Å². The van der Waals surface area contributed by atoms with Crippen LogP contribution in [0.5, 0.6) is 0 Å². The summed E-state index contributed by atoms with van der Waals surface area (Å²) >= 11 is 1.60. The normalized spacial score (nSPS) is 25.6. The Labute approximate surface area is 151 Å². The van der Waals surface area contributed by atoms with Crippen molar-refractivity contribution in [3.8, 4) is 10.8 Å². The van der Waals surface area contributed by atoms with Crippen LogP contribution in [-0.4, -0.2) is 51.1 Å². The van der Waals surface area contributed by atoms with Crippen LogP contribution in [0.25, 0.3) is 10.8 Å².